The van der Waals surface area contributed by atoms with Crippen LogP contribution in [0.5, 0.6) is 5.75 Å². The number of aryl methyl sites for hydroxylation is 1. The van der Waals surface area contributed by atoms with Crippen LogP contribution in [0.3, 0.4) is 0 Å². The second-order valence-corrected chi connectivity index (χ2v) is 5.41. The molecule has 0 amide bonds. The maximum atomic E-state index is 12.3. The molecule has 0 aliphatic rings. The SMILES string of the molecule is COc1ccc(C(C)=O)cc1COC(=O)c1cccc(C)c1C. The molecule has 0 unspecified atom stereocenters. The van der Waals surface area contributed by atoms with E-state index in [0.29, 0.717) is 22.4 Å². The van der Waals surface area contributed by atoms with Gasteiger partial charge >= 0.3 is 5.97 Å². The summed E-state index contributed by atoms with van der Waals surface area (Å²) in [6.07, 6.45) is 0. The summed E-state index contributed by atoms with van der Waals surface area (Å²) in [5, 5.41) is 0. The maximum absolute atomic E-state index is 12.3. The van der Waals surface area contributed by atoms with Gasteiger partial charge in [-0.1, -0.05) is 12.1 Å². The normalized spacial score (nSPS) is 10.3. The van der Waals surface area contributed by atoms with Crippen molar-refractivity contribution >= 4 is 11.8 Å². The molecule has 23 heavy (non-hydrogen) atoms. The Morgan fingerprint density at radius 3 is 2.48 bits per heavy atom. The Kier molecular flexibility index (Phi) is 5.16. The van der Waals surface area contributed by atoms with Crippen molar-refractivity contribution in [2.75, 3.05) is 7.11 Å². The van der Waals surface area contributed by atoms with Crippen LogP contribution in [0.1, 0.15) is 44.3 Å². The fraction of sp³-hybridized carbons (Fsp3) is 0.263. The molecule has 0 fully saturated rings. The topological polar surface area (TPSA) is 52.6 Å². The molecule has 2 rings (SSSR count). The van der Waals surface area contributed by atoms with Gasteiger partial charge < -0.3 is 9.47 Å². The van der Waals surface area contributed by atoms with Gasteiger partial charge in [-0.3, -0.25) is 4.79 Å². The van der Waals surface area contributed by atoms with Crippen LogP contribution in [0, 0.1) is 13.8 Å². The van der Waals surface area contributed by atoms with Crippen LogP contribution < -0.4 is 4.74 Å². The second-order valence-electron chi connectivity index (χ2n) is 5.41. The van der Waals surface area contributed by atoms with Crippen molar-refractivity contribution in [3.8, 4) is 5.75 Å². The average molecular weight is 312 g/mol. The molecule has 0 aliphatic carbocycles. The lowest BCUT2D eigenvalue weighted by atomic mass is 10.0. The number of ether oxygens (including phenoxy) is 2. The lowest BCUT2D eigenvalue weighted by Crippen LogP contribution is -2.09. The quantitative estimate of drug-likeness (QED) is 0.621. The summed E-state index contributed by atoms with van der Waals surface area (Å²) >= 11 is 0. The molecule has 4 heteroatoms. The zero-order chi connectivity index (χ0) is 17.0. The molecular formula is C19H20O4. The van der Waals surface area contributed by atoms with Crippen LogP contribution in [0.15, 0.2) is 36.4 Å². The average Bonchev–Trinajstić information content (AvgIpc) is 2.54. The summed E-state index contributed by atoms with van der Waals surface area (Å²) in [4.78, 5) is 23.8. The Hall–Kier alpha value is -2.62. The molecule has 2 aromatic carbocycles. The lowest BCUT2D eigenvalue weighted by molar-refractivity contribution is 0.0469. The summed E-state index contributed by atoms with van der Waals surface area (Å²) in [7, 11) is 1.54. The van der Waals surface area contributed by atoms with Gasteiger partial charge in [0, 0.05) is 11.1 Å². The van der Waals surface area contributed by atoms with Gasteiger partial charge in [-0.05, 0) is 56.2 Å². The molecule has 0 saturated carbocycles. The summed E-state index contributed by atoms with van der Waals surface area (Å²) in [5.41, 5.74) is 3.71. The highest BCUT2D eigenvalue weighted by molar-refractivity contribution is 5.94. The largest absolute Gasteiger partial charge is 0.496 e. The molecular weight excluding hydrogens is 292 g/mol. The van der Waals surface area contributed by atoms with E-state index in [0.717, 1.165) is 11.1 Å². The summed E-state index contributed by atoms with van der Waals surface area (Å²) in [5.74, 6) is 0.153. The van der Waals surface area contributed by atoms with Crippen molar-refractivity contribution in [2.45, 2.75) is 27.4 Å². The number of carbonyl (C=O) groups is 2. The number of hydrogen-bond donors (Lipinski definition) is 0. The minimum absolute atomic E-state index is 0.0465. The van der Waals surface area contributed by atoms with Crippen molar-refractivity contribution in [2.24, 2.45) is 0 Å². The molecule has 0 spiro atoms. The van der Waals surface area contributed by atoms with E-state index in [1.165, 1.54) is 6.92 Å². The number of Topliss-reactive ketones (excluding diaryl/α,β-unsaturated/α-hetero) is 1. The number of rotatable bonds is 5. The zero-order valence-electron chi connectivity index (χ0n) is 13.8. The number of carbonyl (C=O) groups excluding carboxylic acids is 2. The van der Waals surface area contributed by atoms with Crippen molar-refractivity contribution in [1.29, 1.82) is 0 Å². The molecule has 120 valence electrons. The second kappa shape index (κ2) is 7.09. The number of esters is 1. The van der Waals surface area contributed by atoms with Crippen LogP contribution in [0.4, 0.5) is 0 Å². The van der Waals surface area contributed by atoms with E-state index in [9.17, 15) is 9.59 Å². The van der Waals surface area contributed by atoms with E-state index in [1.807, 2.05) is 26.0 Å². The molecule has 0 aromatic heterocycles. The Balaban J connectivity index is 2.20. The van der Waals surface area contributed by atoms with Crippen molar-refractivity contribution in [3.63, 3.8) is 0 Å². The van der Waals surface area contributed by atoms with E-state index in [-0.39, 0.29) is 18.4 Å². The first kappa shape index (κ1) is 16.7. The van der Waals surface area contributed by atoms with Crippen LogP contribution >= 0.6 is 0 Å². The molecule has 0 atom stereocenters. The predicted molar refractivity (Wildman–Crippen MR) is 88.0 cm³/mol. The molecule has 0 saturated heterocycles. The van der Waals surface area contributed by atoms with Crippen molar-refractivity contribution in [1.82, 2.24) is 0 Å². The summed E-state index contributed by atoms with van der Waals surface area (Å²) in [6, 6.07) is 10.6. The van der Waals surface area contributed by atoms with Gasteiger partial charge in [0.2, 0.25) is 0 Å². The van der Waals surface area contributed by atoms with Crippen LogP contribution in [0.2, 0.25) is 0 Å². The number of benzene rings is 2. The van der Waals surface area contributed by atoms with E-state index in [1.54, 1.807) is 31.4 Å². The van der Waals surface area contributed by atoms with Gasteiger partial charge in [-0.15, -0.1) is 0 Å². The van der Waals surface area contributed by atoms with Gasteiger partial charge in [0.25, 0.3) is 0 Å². The highest BCUT2D eigenvalue weighted by Crippen LogP contribution is 2.22. The Morgan fingerprint density at radius 2 is 1.83 bits per heavy atom. The maximum Gasteiger partial charge on any atom is 0.338 e. The molecule has 0 N–H and O–H groups in total. The Morgan fingerprint density at radius 1 is 1.09 bits per heavy atom. The van der Waals surface area contributed by atoms with Crippen molar-refractivity contribution < 1.29 is 19.1 Å². The molecule has 4 nitrogen and oxygen atoms in total. The molecule has 2 aromatic rings. The third-order valence-electron chi connectivity index (χ3n) is 3.87. The van der Waals surface area contributed by atoms with Crippen LogP contribution in [0.25, 0.3) is 0 Å². The third kappa shape index (κ3) is 3.77. The first-order valence-electron chi connectivity index (χ1n) is 7.35. The fourth-order valence-corrected chi connectivity index (χ4v) is 2.30. The standard InChI is InChI=1S/C19H20O4/c1-12-6-5-7-17(13(12)2)19(21)23-11-16-10-15(14(3)20)8-9-18(16)22-4/h5-10H,11H2,1-4H3. The highest BCUT2D eigenvalue weighted by Gasteiger charge is 2.14. The third-order valence-corrected chi connectivity index (χ3v) is 3.87. The monoisotopic (exact) mass is 312 g/mol. The van der Waals surface area contributed by atoms with Gasteiger partial charge in [0.15, 0.2) is 5.78 Å². The Bertz CT molecular complexity index is 747. The van der Waals surface area contributed by atoms with Gasteiger partial charge in [-0.2, -0.15) is 0 Å². The van der Waals surface area contributed by atoms with Crippen molar-refractivity contribution in [3.05, 3.63) is 64.2 Å². The minimum Gasteiger partial charge on any atom is -0.496 e. The first-order chi connectivity index (χ1) is 10.9. The van der Waals surface area contributed by atoms with E-state index in [4.69, 9.17) is 9.47 Å². The smallest absolute Gasteiger partial charge is 0.338 e. The molecule has 0 radical (unpaired) electrons. The summed E-state index contributed by atoms with van der Waals surface area (Å²) in [6.45, 7) is 5.39. The first-order valence-corrected chi connectivity index (χ1v) is 7.35. The number of methoxy groups -OCH3 is 1. The zero-order valence-corrected chi connectivity index (χ0v) is 13.8. The van der Waals surface area contributed by atoms with E-state index in [2.05, 4.69) is 0 Å². The molecule has 0 bridgehead atoms. The lowest BCUT2D eigenvalue weighted by Gasteiger charge is -2.12. The fourth-order valence-electron chi connectivity index (χ4n) is 2.30. The highest BCUT2D eigenvalue weighted by atomic mass is 16.5. The molecule has 0 heterocycles. The predicted octanol–water partition coefficient (Wildman–Crippen LogP) is 3.87. The van der Waals surface area contributed by atoms with Gasteiger partial charge in [0.1, 0.15) is 12.4 Å². The minimum atomic E-state index is -0.388. The van der Waals surface area contributed by atoms with E-state index >= 15 is 0 Å². The summed E-state index contributed by atoms with van der Waals surface area (Å²) < 4.78 is 10.7. The van der Waals surface area contributed by atoms with Gasteiger partial charge in [-0.25, -0.2) is 4.79 Å². The van der Waals surface area contributed by atoms with E-state index < -0.39 is 0 Å². The number of hydrogen-bond acceptors (Lipinski definition) is 4. The van der Waals surface area contributed by atoms with Crippen LogP contribution in [-0.2, 0) is 11.3 Å². The Labute approximate surface area is 136 Å². The van der Waals surface area contributed by atoms with Gasteiger partial charge in [0.05, 0.1) is 12.7 Å². The number of ketones is 1. The van der Waals surface area contributed by atoms with Crippen LogP contribution in [-0.4, -0.2) is 18.9 Å². The molecule has 0 aliphatic heterocycles.